The van der Waals surface area contributed by atoms with Crippen molar-refractivity contribution in [1.82, 2.24) is 9.55 Å². The van der Waals surface area contributed by atoms with Crippen LogP contribution in [-0.2, 0) is 16.1 Å². The Morgan fingerprint density at radius 3 is 2.40 bits per heavy atom. The molecule has 0 N–H and O–H groups in total. The van der Waals surface area contributed by atoms with Gasteiger partial charge in [-0.3, -0.25) is 14.2 Å². The van der Waals surface area contributed by atoms with Crippen molar-refractivity contribution in [2.24, 2.45) is 0 Å². The predicted molar refractivity (Wildman–Crippen MR) is 135 cm³/mol. The summed E-state index contributed by atoms with van der Waals surface area (Å²) in [4.78, 5) is 45.4. The van der Waals surface area contributed by atoms with Gasteiger partial charge in [-0.05, 0) is 43.7 Å². The van der Waals surface area contributed by atoms with E-state index in [2.05, 4.69) is 4.98 Å². The highest BCUT2D eigenvalue weighted by molar-refractivity contribution is 7.20. The number of hydrogen-bond acceptors (Lipinski definition) is 7. The SMILES string of the molecule is CCN(C(=O)Cn1cnc2sc(C(=O)OCCOc3ccccc3)c(C)c2c1=O)c1ccccc1. The first kappa shape index (κ1) is 24.2. The lowest BCUT2D eigenvalue weighted by Crippen LogP contribution is -2.36. The zero-order valence-electron chi connectivity index (χ0n) is 19.5. The number of rotatable bonds is 9. The molecule has 35 heavy (non-hydrogen) atoms. The Morgan fingerprint density at radius 2 is 1.71 bits per heavy atom. The van der Waals surface area contributed by atoms with Gasteiger partial charge in [0.2, 0.25) is 5.91 Å². The minimum Gasteiger partial charge on any atom is -0.490 e. The molecular formula is C26H25N3O5S. The number of thiophene rings is 1. The molecule has 0 aliphatic heterocycles. The van der Waals surface area contributed by atoms with Gasteiger partial charge in [0, 0.05) is 12.2 Å². The zero-order chi connectivity index (χ0) is 24.8. The van der Waals surface area contributed by atoms with Crippen LogP contribution < -0.4 is 15.2 Å². The first-order chi connectivity index (χ1) is 17.0. The molecule has 180 valence electrons. The Kier molecular flexibility index (Phi) is 7.57. The number of amides is 1. The van der Waals surface area contributed by atoms with Crippen LogP contribution in [-0.4, -0.2) is 41.2 Å². The number of para-hydroxylation sites is 2. The zero-order valence-corrected chi connectivity index (χ0v) is 20.3. The molecule has 9 heteroatoms. The van der Waals surface area contributed by atoms with Crippen LogP contribution in [0.15, 0.2) is 71.8 Å². The molecule has 1 amide bonds. The normalized spacial score (nSPS) is 10.8. The minimum atomic E-state index is -0.537. The molecule has 8 nitrogen and oxygen atoms in total. The van der Waals surface area contributed by atoms with Crippen molar-refractivity contribution in [1.29, 1.82) is 0 Å². The van der Waals surface area contributed by atoms with E-state index in [-0.39, 0.29) is 31.2 Å². The number of ether oxygens (including phenoxy) is 2. The molecule has 0 saturated carbocycles. The second kappa shape index (κ2) is 11.0. The lowest BCUT2D eigenvalue weighted by Gasteiger charge is -2.21. The van der Waals surface area contributed by atoms with Gasteiger partial charge in [0.05, 0.1) is 11.7 Å². The van der Waals surface area contributed by atoms with E-state index >= 15 is 0 Å². The van der Waals surface area contributed by atoms with Gasteiger partial charge in [0.15, 0.2) is 0 Å². The first-order valence-corrected chi connectivity index (χ1v) is 12.0. The Labute approximate surface area is 206 Å². The quantitative estimate of drug-likeness (QED) is 0.259. The molecule has 0 spiro atoms. The number of nitrogens with zero attached hydrogens (tertiary/aromatic N) is 3. The van der Waals surface area contributed by atoms with E-state index in [9.17, 15) is 14.4 Å². The number of benzene rings is 2. The highest BCUT2D eigenvalue weighted by atomic mass is 32.1. The fourth-order valence-electron chi connectivity index (χ4n) is 3.68. The molecular weight excluding hydrogens is 466 g/mol. The molecule has 4 rings (SSSR count). The van der Waals surface area contributed by atoms with Crippen LogP contribution in [0.3, 0.4) is 0 Å². The number of hydrogen-bond donors (Lipinski definition) is 0. The Bertz CT molecular complexity index is 1380. The summed E-state index contributed by atoms with van der Waals surface area (Å²) in [7, 11) is 0. The maximum Gasteiger partial charge on any atom is 0.348 e. The summed E-state index contributed by atoms with van der Waals surface area (Å²) in [6, 6.07) is 18.5. The Morgan fingerprint density at radius 1 is 1.03 bits per heavy atom. The average Bonchev–Trinajstić information content (AvgIpc) is 3.22. The van der Waals surface area contributed by atoms with E-state index in [0.29, 0.717) is 33.0 Å². The predicted octanol–water partition coefficient (Wildman–Crippen LogP) is 4.06. The third-order valence-corrected chi connectivity index (χ3v) is 6.60. The topological polar surface area (TPSA) is 90.7 Å². The van der Waals surface area contributed by atoms with Crippen molar-refractivity contribution in [3.63, 3.8) is 0 Å². The molecule has 2 heterocycles. The van der Waals surface area contributed by atoms with E-state index in [4.69, 9.17) is 9.47 Å². The Hall–Kier alpha value is -3.98. The third-order valence-electron chi connectivity index (χ3n) is 5.42. The van der Waals surface area contributed by atoms with Crippen LogP contribution in [0.4, 0.5) is 5.69 Å². The maximum atomic E-state index is 13.2. The molecule has 0 aliphatic rings. The van der Waals surface area contributed by atoms with Crippen LogP contribution in [0.5, 0.6) is 5.75 Å². The van der Waals surface area contributed by atoms with E-state index in [1.165, 1.54) is 10.9 Å². The number of likely N-dealkylation sites (N-methyl/N-ethyl adjacent to an activating group) is 1. The number of carbonyl (C=O) groups excluding carboxylic acids is 2. The Balaban J connectivity index is 1.47. The standard InChI is InChI=1S/C26H25N3O5S/c1-3-29(19-10-6-4-7-11-19)21(30)16-28-17-27-24-22(25(28)31)18(2)23(35-24)26(32)34-15-14-33-20-12-8-5-9-13-20/h4-13,17H,3,14-16H2,1-2H3. The van der Waals surface area contributed by atoms with E-state index < -0.39 is 5.97 Å². The highest BCUT2D eigenvalue weighted by Gasteiger charge is 2.22. The summed E-state index contributed by atoms with van der Waals surface area (Å²) >= 11 is 1.10. The molecule has 0 saturated heterocycles. The highest BCUT2D eigenvalue weighted by Crippen LogP contribution is 2.27. The third kappa shape index (κ3) is 5.41. The first-order valence-electron chi connectivity index (χ1n) is 11.2. The number of carbonyl (C=O) groups is 2. The maximum absolute atomic E-state index is 13.2. The smallest absolute Gasteiger partial charge is 0.348 e. The fraction of sp³-hybridized carbons (Fsp3) is 0.231. The van der Waals surface area contributed by atoms with Crippen molar-refractivity contribution in [3.8, 4) is 5.75 Å². The molecule has 0 fully saturated rings. The summed E-state index contributed by atoms with van der Waals surface area (Å²) < 4.78 is 12.2. The molecule has 0 unspecified atom stereocenters. The van der Waals surface area contributed by atoms with Crippen LogP contribution in [0.25, 0.3) is 10.2 Å². The van der Waals surface area contributed by atoms with Crippen LogP contribution >= 0.6 is 11.3 Å². The fourth-order valence-corrected chi connectivity index (χ4v) is 4.72. The second-order valence-corrected chi connectivity index (χ2v) is 8.68. The molecule has 2 aromatic heterocycles. The van der Waals surface area contributed by atoms with Gasteiger partial charge in [-0.15, -0.1) is 11.3 Å². The van der Waals surface area contributed by atoms with Crippen molar-refractivity contribution in [2.45, 2.75) is 20.4 Å². The van der Waals surface area contributed by atoms with E-state index in [1.807, 2.05) is 67.6 Å². The molecule has 0 bridgehead atoms. The van der Waals surface area contributed by atoms with Crippen molar-refractivity contribution in [3.05, 3.63) is 87.8 Å². The van der Waals surface area contributed by atoms with Crippen LogP contribution in [0, 0.1) is 6.92 Å². The lowest BCUT2D eigenvalue weighted by atomic mass is 10.2. The second-order valence-electron chi connectivity index (χ2n) is 7.68. The molecule has 0 radical (unpaired) electrons. The number of esters is 1. The molecule has 0 aliphatic carbocycles. The van der Waals surface area contributed by atoms with Crippen molar-refractivity contribution >= 4 is 39.1 Å². The van der Waals surface area contributed by atoms with E-state index in [1.54, 1.807) is 11.8 Å². The summed E-state index contributed by atoms with van der Waals surface area (Å²) in [5, 5.41) is 0.320. The lowest BCUT2D eigenvalue weighted by molar-refractivity contribution is -0.119. The monoisotopic (exact) mass is 491 g/mol. The van der Waals surface area contributed by atoms with E-state index in [0.717, 1.165) is 17.0 Å². The van der Waals surface area contributed by atoms with Gasteiger partial charge in [-0.1, -0.05) is 36.4 Å². The number of anilines is 1. The number of aryl methyl sites for hydroxylation is 1. The van der Waals surface area contributed by atoms with Gasteiger partial charge in [-0.2, -0.15) is 0 Å². The van der Waals surface area contributed by atoms with Crippen molar-refractivity contribution < 1.29 is 19.1 Å². The molecule has 2 aromatic carbocycles. The van der Waals surface area contributed by atoms with Gasteiger partial charge >= 0.3 is 5.97 Å². The van der Waals surface area contributed by atoms with Crippen LogP contribution in [0.2, 0.25) is 0 Å². The summed E-state index contributed by atoms with van der Waals surface area (Å²) in [6.45, 7) is 4.15. The average molecular weight is 492 g/mol. The summed E-state index contributed by atoms with van der Waals surface area (Å²) in [5.41, 5.74) is 0.886. The van der Waals surface area contributed by atoms with Gasteiger partial charge in [-0.25, -0.2) is 9.78 Å². The summed E-state index contributed by atoms with van der Waals surface area (Å²) in [5.74, 6) is -0.0758. The van der Waals surface area contributed by atoms with Gasteiger partial charge in [0.25, 0.3) is 5.56 Å². The van der Waals surface area contributed by atoms with Crippen LogP contribution in [0.1, 0.15) is 22.2 Å². The number of aromatic nitrogens is 2. The largest absolute Gasteiger partial charge is 0.490 e. The van der Waals surface area contributed by atoms with Gasteiger partial charge < -0.3 is 14.4 Å². The van der Waals surface area contributed by atoms with Crippen molar-refractivity contribution in [2.75, 3.05) is 24.7 Å². The molecule has 4 aromatic rings. The molecule has 0 atom stereocenters. The summed E-state index contributed by atoms with van der Waals surface area (Å²) in [6.07, 6.45) is 1.35. The van der Waals surface area contributed by atoms with Gasteiger partial charge in [0.1, 0.15) is 35.2 Å². The minimum absolute atomic E-state index is 0.0694. The number of fused-ring (bicyclic) bond motifs is 1.